The van der Waals surface area contributed by atoms with Crippen LogP contribution in [0.25, 0.3) is 0 Å². The Morgan fingerprint density at radius 1 is 1.23 bits per heavy atom. The zero-order valence-corrected chi connectivity index (χ0v) is 13.7. The second-order valence-electron chi connectivity index (χ2n) is 6.56. The smallest absolute Gasteiger partial charge is 0.416 e. The molecule has 1 heterocycles. The van der Waals surface area contributed by atoms with Crippen LogP contribution in [0.1, 0.15) is 35.6 Å². The van der Waals surface area contributed by atoms with Crippen LogP contribution in [0.15, 0.2) is 42.5 Å². The molecule has 26 heavy (non-hydrogen) atoms. The molecule has 1 aliphatic carbocycles. The molecule has 1 fully saturated rings. The van der Waals surface area contributed by atoms with E-state index in [-0.39, 0.29) is 12.0 Å². The van der Waals surface area contributed by atoms with Crippen molar-refractivity contribution in [2.45, 2.75) is 31.2 Å². The number of carboxylic acid groups (broad SMARTS) is 1. The number of hydrogen-bond donors (Lipinski definition) is 1. The second kappa shape index (κ2) is 5.65. The van der Waals surface area contributed by atoms with Crippen LogP contribution in [0.4, 0.5) is 13.2 Å². The molecule has 0 saturated heterocycles. The van der Waals surface area contributed by atoms with Crippen LogP contribution < -0.4 is 9.47 Å². The van der Waals surface area contributed by atoms with Crippen molar-refractivity contribution in [3.63, 3.8) is 0 Å². The molecule has 4 nitrogen and oxygen atoms in total. The van der Waals surface area contributed by atoms with Crippen LogP contribution in [-0.4, -0.2) is 17.2 Å². The van der Waals surface area contributed by atoms with Crippen LogP contribution in [0.3, 0.4) is 0 Å². The average molecular weight is 364 g/mol. The third-order valence-corrected chi connectivity index (χ3v) is 4.84. The van der Waals surface area contributed by atoms with Gasteiger partial charge in [-0.05, 0) is 30.7 Å². The fourth-order valence-electron chi connectivity index (χ4n) is 3.45. The van der Waals surface area contributed by atoms with Crippen molar-refractivity contribution < 1.29 is 32.5 Å². The van der Waals surface area contributed by atoms with Crippen LogP contribution >= 0.6 is 0 Å². The summed E-state index contributed by atoms with van der Waals surface area (Å²) >= 11 is 0. The normalized spacial score (nSPS) is 24.2. The summed E-state index contributed by atoms with van der Waals surface area (Å²) in [5.41, 5.74) is 0.527. The van der Waals surface area contributed by atoms with Gasteiger partial charge in [-0.3, -0.25) is 4.79 Å². The SMILES string of the molecule is CC(Oc1ccc2c(c1)OC1C(C(=O)O)C21)c1cccc(C(F)(F)F)c1. The largest absolute Gasteiger partial charge is 0.488 e. The quantitative estimate of drug-likeness (QED) is 0.873. The van der Waals surface area contributed by atoms with E-state index in [9.17, 15) is 18.0 Å². The maximum absolute atomic E-state index is 12.8. The van der Waals surface area contributed by atoms with Crippen LogP contribution in [0.2, 0.25) is 0 Å². The number of carboxylic acids is 1. The fraction of sp³-hybridized carbons (Fsp3) is 0.316. The maximum atomic E-state index is 12.8. The Balaban J connectivity index is 1.50. The second-order valence-corrected chi connectivity index (χ2v) is 6.56. The molecule has 2 aromatic carbocycles. The van der Waals surface area contributed by atoms with E-state index in [1.54, 1.807) is 31.2 Å². The minimum Gasteiger partial charge on any atom is -0.488 e. The predicted molar refractivity (Wildman–Crippen MR) is 85.2 cm³/mol. The lowest BCUT2D eigenvalue weighted by Gasteiger charge is -2.17. The highest BCUT2D eigenvalue weighted by atomic mass is 19.4. The third kappa shape index (κ3) is 2.77. The van der Waals surface area contributed by atoms with Gasteiger partial charge in [0.05, 0.1) is 5.56 Å². The molecule has 4 atom stereocenters. The molecule has 2 aliphatic rings. The molecule has 1 aliphatic heterocycles. The Morgan fingerprint density at radius 3 is 2.69 bits per heavy atom. The molecule has 0 bridgehead atoms. The monoisotopic (exact) mass is 364 g/mol. The first-order chi connectivity index (χ1) is 12.3. The Bertz CT molecular complexity index is 877. The molecule has 0 radical (unpaired) electrons. The molecule has 136 valence electrons. The number of ether oxygens (including phenoxy) is 2. The van der Waals surface area contributed by atoms with E-state index in [0.717, 1.165) is 17.7 Å². The molecule has 4 rings (SSSR count). The van der Waals surface area contributed by atoms with Gasteiger partial charge in [-0.15, -0.1) is 0 Å². The average Bonchev–Trinajstić information content (AvgIpc) is 3.17. The number of rotatable bonds is 4. The van der Waals surface area contributed by atoms with Gasteiger partial charge < -0.3 is 14.6 Å². The summed E-state index contributed by atoms with van der Waals surface area (Å²) in [7, 11) is 0. The fourth-order valence-corrected chi connectivity index (χ4v) is 3.45. The van der Waals surface area contributed by atoms with Gasteiger partial charge in [0.15, 0.2) is 0 Å². The van der Waals surface area contributed by atoms with Gasteiger partial charge in [0.1, 0.15) is 29.6 Å². The zero-order chi connectivity index (χ0) is 18.6. The van der Waals surface area contributed by atoms with Crippen molar-refractivity contribution in [3.8, 4) is 11.5 Å². The Hall–Kier alpha value is -2.70. The van der Waals surface area contributed by atoms with E-state index in [0.29, 0.717) is 17.1 Å². The zero-order valence-electron chi connectivity index (χ0n) is 13.7. The summed E-state index contributed by atoms with van der Waals surface area (Å²) in [5.74, 6) is -0.465. The number of aliphatic carboxylic acids is 1. The molecule has 0 aromatic heterocycles. The Kier molecular flexibility index (Phi) is 3.64. The minimum atomic E-state index is -4.40. The molecule has 2 aromatic rings. The number of halogens is 3. The van der Waals surface area contributed by atoms with Crippen molar-refractivity contribution >= 4 is 5.97 Å². The highest BCUT2D eigenvalue weighted by molar-refractivity contribution is 5.79. The summed E-state index contributed by atoms with van der Waals surface area (Å²) in [5, 5.41) is 9.08. The summed E-state index contributed by atoms with van der Waals surface area (Å²) < 4.78 is 49.9. The van der Waals surface area contributed by atoms with Crippen LogP contribution in [0.5, 0.6) is 11.5 Å². The topological polar surface area (TPSA) is 55.8 Å². The van der Waals surface area contributed by atoms with E-state index < -0.39 is 29.7 Å². The molecule has 0 spiro atoms. The highest BCUT2D eigenvalue weighted by Crippen LogP contribution is 2.58. The van der Waals surface area contributed by atoms with Gasteiger partial charge in [-0.25, -0.2) is 0 Å². The van der Waals surface area contributed by atoms with E-state index in [1.807, 2.05) is 0 Å². The molecule has 1 saturated carbocycles. The number of benzene rings is 2. The van der Waals surface area contributed by atoms with E-state index in [2.05, 4.69) is 0 Å². The van der Waals surface area contributed by atoms with Gasteiger partial charge in [0, 0.05) is 17.5 Å². The Morgan fingerprint density at radius 2 is 2.00 bits per heavy atom. The summed E-state index contributed by atoms with van der Waals surface area (Å²) in [6.45, 7) is 1.67. The lowest BCUT2D eigenvalue weighted by molar-refractivity contribution is -0.139. The number of fused-ring (bicyclic) bond motifs is 3. The summed E-state index contributed by atoms with van der Waals surface area (Å²) in [6, 6.07) is 10.1. The summed E-state index contributed by atoms with van der Waals surface area (Å²) in [4.78, 5) is 11.1. The molecule has 4 unspecified atom stereocenters. The summed E-state index contributed by atoms with van der Waals surface area (Å²) in [6.07, 6.45) is -5.32. The first-order valence-corrected chi connectivity index (χ1v) is 8.13. The van der Waals surface area contributed by atoms with Crippen molar-refractivity contribution in [2.24, 2.45) is 5.92 Å². The molecule has 7 heteroatoms. The van der Waals surface area contributed by atoms with E-state index >= 15 is 0 Å². The predicted octanol–water partition coefficient (Wildman–Crippen LogP) is 4.40. The molecule has 1 N–H and O–H groups in total. The first kappa shape index (κ1) is 16.8. The highest BCUT2D eigenvalue weighted by Gasteiger charge is 2.63. The van der Waals surface area contributed by atoms with Crippen molar-refractivity contribution in [2.75, 3.05) is 0 Å². The van der Waals surface area contributed by atoms with E-state index in [1.165, 1.54) is 6.07 Å². The lowest BCUT2D eigenvalue weighted by Crippen LogP contribution is -2.09. The van der Waals surface area contributed by atoms with Crippen molar-refractivity contribution in [1.82, 2.24) is 0 Å². The van der Waals surface area contributed by atoms with Gasteiger partial charge in [0.25, 0.3) is 0 Å². The van der Waals surface area contributed by atoms with Gasteiger partial charge >= 0.3 is 12.1 Å². The van der Waals surface area contributed by atoms with Gasteiger partial charge in [-0.2, -0.15) is 13.2 Å². The van der Waals surface area contributed by atoms with Crippen LogP contribution in [0, 0.1) is 5.92 Å². The maximum Gasteiger partial charge on any atom is 0.416 e. The Labute approximate surface area is 147 Å². The number of hydrogen-bond acceptors (Lipinski definition) is 3. The van der Waals surface area contributed by atoms with Gasteiger partial charge in [-0.1, -0.05) is 18.2 Å². The van der Waals surface area contributed by atoms with E-state index in [4.69, 9.17) is 14.6 Å². The number of carbonyl (C=O) groups is 1. The van der Waals surface area contributed by atoms with Crippen LogP contribution in [-0.2, 0) is 11.0 Å². The third-order valence-electron chi connectivity index (χ3n) is 4.84. The first-order valence-electron chi connectivity index (χ1n) is 8.13. The molecular weight excluding hydrogens is 349 g/mol. The number of alkyl halides is 3. The lowest BCUT2D eigenvalue weighted by atomic mass is 10.1. The van der Waals surface area contributed by atoms with Crippen molar-refractivity contribution in [1.29, 1.82) is 0 Å². The molecule has 0 amide bonds. The molecular formula is C19H15F3O4. The minimum absolute atomic E-state index is 0.127. The standard InChI is InChI=1S/C19H15F3O4/c1-9(10-3-2-4-11(7-10)19(20,21)22)25-12-5-6-13-14(8-12)26-17-15(13)16(17)18(23)24/h2-9,15-17H,1H3,(H,23,24). The van der Waals surface area contributed by atoms with Gasteiger partial charge in [0.2, 0.25) is 0 Å². The van der Waals surface area contributed by atoms with Crippen molar-refractivity contribution in [3.05, 3.63) is 59.2 Å².